The van der Waals surface area contributed by atoms with Crippen molar-refractivity contribution in [3.05, 3.63) is 36.7 Å². The van der Waals surface area contributed by atoms with E-state index in [1.54, 1.807) is 55.2 Å². The lowest BCUT2D eigenvalue weighted by Crippen LogP contribution is -2.37. The number of hydrogen-bond donors (Lipinski definition) is 1. The maximum absolute atomic E-state index is 11.7. The lowest BCUT2D eigenvalue weighted by molar-refractivity contribution is -0.150. The number of phenolic OH excluding ortho intramolecular Hbond substituents is 1. The minimum absolute atomic E-state index is 0.214. The minimum atomic E-state index is -0.857. The van der Waals surface area contributed by atoms with Gasteiger partial charge in [-0.1, -0.05) is 12.1 Å². The summed E-state index contributed by atoms with van der Waals surface area (Å²) in [5.41, 5.74) is 0.936. The Morgan fingerprint density at radius 3 is 2.47 bits per heavy atom. The number of ether oxygens (including phenoxy) is 1. The molecule has 1 aromatic carbocycles. The first-order valence-corrected chi connectivity index (χ1v) is 5.88. The molecule has 19 heavy (non-hydrogen) atoms. The molecule has 2 aromatic rings. The van der Waals surface area contributed by atoms with Crippen molar-refractivity contribution in [1.29, 1.82) is 0 Å². The summed E-state index contributed by atoms with van der Waals surface area (Å²) in [5.74, 6) is -0.140. The van der Waals surface area contributed by atoms with Crippen LogP contribution < -0.4 is 0 Å². The third-order valence-electron chi connectivity index (χ3n) is 3.04. The average molecular weight is 260 g/mol. The van der Waals surface area contributed by atoms with Gasteiger partial charge in [-0.15, -0.1) is 0 Å². The average Bonchev–Trinajstić information content (AvgIpc) is 2.88. The van der Waals surface area contributed by atoms with Crippen LogP contribution in [-0.4, -0.2) is 28.0 Å². The highest BCUT2D eigenvalue weighted by Gasteiger charge is 2.31. The number of hydrogen-bond acceptors (Lipinski definition) is 4. The van der Waals surface area contributed by atoms with Gasteiger partial charge in [0, 0.05) is 11.8 Å². The maximum atomic E-state index is 11.7. The van der Waals surface area contributed by atoms with Gasteiger partial charge in [-0.3, -0.25) is 4.68 Å². The number of aromatic nitrogens is 2. The van der Waals surface area contributed by atoms with Gasteiger partial charge in [-0.2, -0.15) is 5.10 Å². The molecule has 0 radical (unpaired) electrons. The molecule has 0 bridgehead atoms. The zero-order valence-corrected chi connectivity index (χ0v) is 11.1. The zero-order valence-electron chi connectivity index (χ0n) is 11.1. The zero-order chi connectivity index (χ0) is 14.0. The molecule has 1 N–H and O–H groups in total. The van der Waals surface area contributed by atoms with E-state index in [9.17, 15) is 9.90 Å². The van der Waals surface area contributed by atoms with Crippen molar-refractivity contribution in [2.24, 2.45) is 0 Å². The van der Waals surface area contributed by atoms with Crippen LogP contribution in [0.4, 0.5) is 0 Å². The summed E-state index contributed by atoms with van der Waals surface area (Å²) in [6, 6.07) is 6.81. The molecule has 0 saturated carbocycles. The SMILES string of the molecule is COC(=O)C(C)(C)n1cc(-c2ccc(O)cc2)cn1. The van der Waals surface area contributed by atoms with Gasteiger partial charge in [0.1, 0.15) is 5.75 Å². The van der Waals surface area contributed by atoms with E-state index in [1.807, 2.05) is 0 Å². The van der Waals surface area contributed by atoms with Gasteiger partial charge in [0.25, 0.3) is 0 Å². The molecule has 0 amide bonds. The number of aromatic hydroxyl groups is 1. The summed E-state index contributed by atoms with van der Waals surface area (Å²) in [6.07, 6.45) is 3.46. The normalized spacial score (nSPS) is 11.3. The Morgan fingerprint density at radius 1 is 1.26 bits per heavy atom. The Kier molecular flexibility index (Phi) is 3.29. The predicted octanol–water partition coefficient (Wildman–Crippen LogP) is 2.16. The largest absolute Gasteiger partial charge is 0.508 e. The van der Waals surface area contributed by atoms with Crippen molar-refractivity contribution in [3.63, 3.8) is 0 Å². The van der Waals surface area contributed by atoms with Crippen molar-refractivity contribution in [2.75, 3.05) is 7.11 Å². The highest BCUT2D eigenvalue weighted by Crippen LogP contribution is 2.24. The molecule has 5 heteroatoms. The first-order chi connectivity index (χ1) is 8.95. The number of rotatable bonds is 3. The van der Waals surface area contributed by atoms with Gasteiger partial charge in [-0.25, -0.2) is 4.79 Å². The van der Waals surface area contributed by atoms with Crippen LogP contribution in [0.3, 0.4) is 0 Å². The number of nitrogens with zero attached hydrogens (tertiary/aromatic N) is 2. The highest BCUT2D eigenvalue weighted by molar-refractivity contribution is 5.78. The summed E-state index contributed by atoms with van der Waals surface area (Å²) in [6.45, 7) is 3.48. The molecule has 2 rings (SSSR count). The molecule has 1 heterocycles. The number of methoxy groups -OCH3 is 1. The van der Waals surface area contributed by atoms with Crippen LogP contribution in [0.15, 0.2) is 36.7 Å². The molecule has 1 aromatic heterocycles. The summed E-state index contributed by atoms with van der Waals surface area (Å²) in [5, 5.41) is 13.5. The Labute approximate surface area is 111 Å². The highest BCUT2D eigenvalue weighted by atomic mass is 16.5. The standard InChI is InChI=1S/C14H16N2O3/c1-14(2,13(18)19-3)16-9-11(8-15-16)10-4-6-12(17)7-5-10/h4-9,17H,1-3H3. The number of esters is 1. The summed E-state index contributed by atoms with van der Waals surface area (Å²) < 4.78 is 6.34. The Balaban J connectivity index is 2.34. The van der Waals surface area contributed by atoms with Crippen LogP contribution in [0.2, 0.25) is 0 Å². The van der Waals surface area contributed by atoms with E-state index in [2.05, 4.69) is 5.10 Å². The van der Waals surface area contributed by atoms with Gasteiger partial charge in [0.05, 0.1) is 13.3 Å². The Bertz CT molecular complexity index is 585. The molecule has 0 fully saturated rings. The quantitative estimate of drug-likeness (QED) is 0.859. The molecular formula is C14H16N2O3. The second-order valence-corrected chi connectivity index (χ2v) is 4.77. The second kappa shape index (κ2) is 4.76. The van der Waals surface area contributed by atoms with Gasteiger partial charge < -0.3 is 9.84 Å². The fourth-order valence-corrected chi connectivity index (χ4v) is 1.77. The first kappa shape index (κ1) is 13.1. The third-order valence-corrected chi connectivity index (χ3v) is 3.04. The molecule has 5 nitrogen and oxygen atoms in total. The third kappa shape index (κ3) is 2.45. The van der Waals surface area contributed by atoms with Crippen LogP contribution in [0.1, 0.15) is 13.8 Å². The van der Waals surface area contributed by atoms with E-state index in [1.165, 1.54) is 7.11 Å². The van der Waals surface area contributed by atoms with Crippen LogP contribution in [-0.2, 0) is 15.1 Å². The van der Waals surface area contributed by atoms with Gasteiger partial charge in [0.15, 0.2) is 5.54 Å². The molecule has 100 valence electrons. The Morgan fingerprint density at radius 2 is 1.89 bits per heavy atom. The van der Waals surface area contributed by atoms with E-state index < -0.39 is 5.54 Å². The van der Waals surface area contributed by atoms with Crippen LogP contribution in [0.5, 0.6) is 5.75 Å². The number of carbonyl (C=O) groups excluding carboxylic acids is 1. The number of carbonyl (C=O) groups is 1. The smallest absolute Gasteiger partial charge is 0.333 e. The van der Waals surface area contributed by atoms with E-state index in [0.717, 1.165) is 11.1 Å². The number of benzene rings is 1. The molecular weight excluding hydrogens is 244 g/mol. The monoisotopic (exact) mass is 260 g/mol. The minimum Gasteiger partial charge on any atom is -0.508 e. The van der Waals surface area contributed by atoms with Gasteiger partial charge in [0.2, 0.25) is 0 Å². The predicted molar refractivity (Wildman–Crippen MR) is 70.7 cm³/mol. The fourth-order valence-electron chi connectivity index (χ4n) is 1.77. The summed E-state index contributed by atoms with van der Waals surface area (Å²) in [7, 11) is 1.36. The number of phenols is 1. The van der Waals surface area contributed by atoms with Crippen molar-refractivity contribution >= 4 is 5.97 Å². The van der Waals surface area contributed by atoms with E-state index in [-0.39, 0.29) is 11.7 Å². The summed E-state index contributed by atoms with van der Waals surface area (Å²) in [4.78, 5) is 11.7. The molecule has 0 aliphatic heterocycles. The van der Waals surface area contributed by atoms with Gasteiger partial charge >= 0.3 is 5.97 Å². The molecule has 0 spiro atoms. The van der Waals surface area contributed by atoms with Crippen molar-refractivity contribution < 1.29 is 14.6 Å². The van der Waals surface area contributed by atoms with Gasteiger partial charge in [-0.05, 0) is 31.5 Å². The van der Waals surface area contributed by atoms with E-state index in [0.29, 0.717) is 0 Å². The molecule has 0 saturated heterocycles. The summed E-state index contributed by atoms with van der Waals surface area (Å²) >= 11 is 0. The molecule has 0 unspecified atom stereocenters. The lowest BCUT2D eigenvalue weighted by Gasteiger charge is -2.21. The van der Waals surface area contributed by atoms with Crippen LogP contribution >= 0.6 is 0 Å². The van der Waals surface area contributed by atoms with Crippen LogP contribution in [0.25, 0.3) is 11.1 Å². The molecule has 0 atom stereocenters. The topological polar surface area (TPSA) is 64.3 Å². The lowest BCUT2D eigenvalue weighted by atomic mass is 10.1. The molecule has 0 aliphatic rings. The maximum Gasteiger partial charge on any atom is 0.333 e. The van der Waals surface area contributed by atoms with E-state index in [4.69, 9.17) is 4.74 Å². The first-order valence-electron chi connectivity index (χ1n) is 5.88. The van der Waals surface area contributed by atoms with Crippen molar-refractivity contribution in [3.8, 4) is 16.9 Å². The van der Waals surface area contributed by atoms with Crippen molar-refractivity contribution in [2.45, 2.75) is 19.4 Å². The fraction of sp³-hybridized carbons (Fsp3) is 0.286. The van der Waals surface area contributed by atoms with E-state index >= 15 is 0 Å². The second-order valence-electron chi connectivity index (χ2n) is 4.77. The van der Waals surface area contributed by atoms with Crippen LogP contribution in [0, 0.1) is 0 Å². The van der Waals surface area contributed by atoms with Crippen molar-refractivity contribution in [1.82, 2.24) is 9.78 Å². The Hall–Kier alpha value is -2.30. The molecule has 0 aliphatic carbocycles.